The number of hydrogen-bond acceptors (Lipinski definition) is 5. The first-order chi connectivity index (χ1) is 10.8. The minimum absolute atomic E-state index is 0.0383. The number of nitriles is 1. The third-order valence-corrected chi connectivity index (χ3v) is 3.51. The van der Waals surface area contributed by atoms with Crippen molar-refractivity contribution in [2.24, 2.45) is 10.4 Å². The number of rotatable bonds is 7. The van der Waals surface area contributed by atoms with Crippen LogP contribution in [0.2, 0.25) is 5.02 Å². The van der Waals surface area contributed by atoms with Gasteiger partial charge in [-0.25, -0.2) is 4.79 Å². The van der Waals surface area contributed by atoms with E-state index < -0.39 is 11.4 Å². The van der Waals surface area contributed by atoms with Crippen LogP contribution in [0.3, 0.4) is 0 Å². The first-order valence-electron chi connectivity index (χ1n) is 7.07. The fraction of sp³-hybridized carbons (Fsp3) is 0.412. The second-order valence-corrected chi connectivity index (χ2v) is 6.14. The van der Waals surface area contributed by atoms with E-state index in [2.05, 4.69) is 15.8 Å². The number of carbonyl (C=O) groups excluding carboxylic acids is 2. The quantitative estimate of drug-likeness (QED) is 0.566. The number of ketones is 1. The van der Waals surface area contributed by atoms with Crippen LogP contribution in [0.25, 0.3) is 0 Å². The lowest BCUT2D eigenvalue weighted by atomic mass is 9.92. The highest BCUT2D eigenvalue weighted by atomic mass is 35.5. The van der Waals surface area contributed by atoms with Crippen molar-refractivity contribution in [1.29, 1.82) is 5.26 Å². The average Bonchev–Trinajstić information content (AvgIpc) is 2.52. The number of benzene rings is 1. The van der Waals surface area contributed by atoms with Crippen molar-refractivity contribution in [2.45, 2.75) is 26.7 Å². The lowest BCUT2D eigenvalue weighted by Gasteiger charge is -2.10. The SMILES string of the molecule is COC(=O)c1ccc(CC(=O)CN=CCC(C)(C)C#N)c(Cl)c1. The molecule has 6 heteroatoms. The molecule has 0 fully saturated rings. The highest BCUT2D eigenvalue weighted by Crippen LogP contribution is 2.19. The molecule has 0 amide bonds. The van der Waals surface area contributed by atoms with Crippen molar-refractivity contribution >= 4 is 29.6 Å². The molecule has 0 heterocycles. The lowest BCUT2D eigenvalue weighted by Crippen LogP contribution is -2.10. The summed E-state index contributed by atoms with van der Waals surface area (Å²) in [6.07, 6.45) is 2.23. The normalized spacial score (nSPS) is 11.3. The largest absolute Gasteiger partial charge is 0.465 e. The molecule has 0 spiro atoms. The molecule has 0 atom stereocenters. The predicted octanol–water partition coefficient (Wildman–Crippen LogP) is 3.25. The maximum Gasteiger partial charge on any atom is 0.337 e. The highest BCUT2D eigenvalue weighted by molar-refractivity contribution is 6.31. The van der Waals surface area contributed by atoms with E-state index in [4.69, 9.17) is 16.9 Å². The fourth-order valence-corrected chi connectivity index (χ4v) is 1.96. The van der Waals surface area contributed by atoms with Gasteiger partial charge in [0.15, 0.2) is 5.78 Å². The van der Waals surface area contributed by atoms with Crippen molar-refractivity contribution in [1.82, 2.24) is 0 Å². The second kappa shape index (κ2) is 8.44. The standard InChI is InChI=1S/C17H19ClN2O3/c1-17(2,11-19)6-7-20-10-14(21)8-12-4-5-13(9-15(12)18)16(22)23-3/h4-5,7,9H,6,8,10H2,1-3H3. The molecule has 1 rings (SSSR count). The van der Waals surface area contributed by atoms with E-state index in [0.717, 1.165) is 0 Å². The van der Waals surface area contributed by atoms with E-state index >= 15 is 0 Å². The molecule has 1 aromatic carbocycles. The minimum atomic E-state index is -0.487. The Morgan fingerprint density at radius 3 is 2.70 bits per heavy atom. The molecule has 1 aromatic rings. The molecule has 0 saturated carbocycles. The molecule has 23 heavy (non-hydrogen) atoms. The van der Waals surface area contributed by atoms with E-state index in [1.807, 2.05) is 13.8 Å². The van der Waals surface area contributed by atoms with Gasteiger partial charge in [0.2, 0.25) is 0 Å². The Morgan fingerprint density at radius 2 is 2.13 bits per heavy atom. The van der Waals surface area contributed by atoms with Crippen LogP contribution in [0, 0.1) is 16.7 Å². The van der Waals surface area contributed by atoms with Crippen LogP contribution in [-0.2, 0) is 16.0 Å². The molecule has 5 nitrogen and oxygen atoms in total. The first kappa shape index (κ1) is 18.9. The molecule has 0 aliphatic rings. The number of methoxy groups -OCH3 is 1. The molecule has 0 aliphatic heterocycles. The summed E-state index contributed by atoms with van der Waals surface area (Å²) in [7, 11) is 1.29. The molecule has 0 bridgehead atoms. The van der Waals surface area contributed by atoms with Gasteiger partial charge < -0.3 is 4.74 Å². The summed E-state index contributed by atoms with van der Waals surface area (Å²) in [5.41, 5.74) is 0.488. The molecular formula is C17H19ClN2O3. The van der Waals surface area contributed by atoms with E-state index in [9.17, 15) is 9.59 Å². The summed E-state index contributed by atoms with van der Waals surface area (Å²) < 4.78 is 4.61. The van der Waals surface area contributed by atoms with Crippen molar-refractivity contribution in [3.05, 3.63) is 34.3 Å². The number of nitrogens with zero attached hydrogens (tertiary/aromatic N) is 2. The van der Waals surface area contributed by atoms with E-state index in [-0.39, 0.29) is 18.7 Å². The van der Waals surface area contributed by atoms with Gasteiger partial charge in [-0.1, -0.05) is 17.7 Å². The van der Waals surface area contributed by atoms with Crippen molar-refractivity contribution < 1.29 is 14.3 Å². The monoisotopic (exact) mass is 334 g/mol. The van der Waals surface area contributed by atoms with Gasteiger partial charge in [0.25, 0.3) is 0 Å². The summed E-state index contributed by atoms with van der Waals surface area (Å²) in [6, 6.07) is 6.85. The Balaban J connectivity index is 2.60. The third kappa shape index (κ3) is 6.21. The summed E-state index contributed by atoms with van der Waals surface area (Å²) in [6.45, 7) is 3.66. The number of carbonyl (C=O) groups is 2. The van der Waals surface area contributed by atoms with Crippen LogP contribution in [0.5, 0.6) is 0 Å². The number of esters is 1. The zero-order chi connectivity index (χ0) is 17.5. The van der Waals surface area contributed by atoms with Gasteiger partial charge in [-0.3, -0.25) is 9.79 Å². The number of halogens is 1. The zero-order valence-corrected chi connectivity index (χ0v) is 14.2. The van der Waals surface area contributed by atoms with Gasteiger partial charge in [-0.2, -0.15) is 5.26 Å². The Labute approximate surface area is 140 Å². The summed E-state index contributed by atoms with van der Waals surface area (Å²) in [5.74, 6) is -0.571. The molecule has 0 radical (unpaired) electrons. The highest BCUT2D eigenvalue weighted by Gasteiger charge is 2.14. The van der Waals surface area contributed by atoms with Crippen LogP contribution in [-0.4, -0.2) is 31.6 Å². The van der Waals surface area contributed by atoms with Gasteiger partial charge >= 0.3 is 5.97 Å². The number of hydrogen-bond donors (Lipinski definition) is 0. The van der Waals surface area contributed by atoms with Gasteiger partial charge in [0.1, 0.15) is 0 Å². The maximum atomic E-state index is 11.9. The Kier molecular flexibility index (Phi) is 6.92. The fourth-order valence-electron chi connectivity index (χ4n) is 1.71. The molecule has 0 saturated heterocycles. The molecule has 0 N–H and O–H groups in total. The van der Waals surface area contributed by atoms with Crippen LogP contribution in [0.1, 0.15) is 36.2 Å². The summed E-state index contributed by atoms with van der Waals surface area (Å²) in [4.78, 5) is 27.3. The van der Waals surface area contributed by atoms with Gasteiger partial charge in [-0.05, 0) is 31.5 Å². The molecule has 0 unspecified atom stereocenters. The van der Waals surface area contributed by atoms with Crippen LogP contribution in [0.4, 0.5) is 0 Å². The Morgan fingerprint density at radius 1 is 1.43 bits per heavy atom. The van der Waals surface area contributed by atoms with Gasteiger partial charge in [0, 0.05) is 24.1 Å². The molecule has 122 valence electrons. The first-order valence-corrected chi connectivity index (χ1v) is 7.45. The minimum Gasteiger partial charge on any atom is -0.465 e. The van der Waals surface area contributed by atoms with Gasteiger partial charge in [0.05, 0.1) is 30.7 Å². The number of ether oxygens (including phenoxy) is 1. The Hall–Kier alpha value is -2.19. The van der Waals surface area contributed by atoms with Crippen LogP contribution < -0.4 is 0 Å². The maximum absolute atomic E-state index is 11.9. The predicted molar refractivity (Wildman–Crippen MR) is 88.9 cm³/mol. The molecular weight excluding hydrogens is 316 g/mol. The number of Topliss-reactive ketones (excluding diaryl/α,β-unsaturated/α-hetero) is 1. The third-order valence-electron chi connectivity index (χ3n) is 3.16. The van der Waals surface area contributed by atoms with Crippen molar-refractivity contribution in [3.8, 4) is 6.07 Å². The van der Waals surface area contributed by atoms with Gasteiger partial charge in [-0.15, -0.1) is 0 Å². The second-order valence-electron chi connectivity index (χ2n) is 5.74. The topological polar surface area (TPSA) is 79.5 Å². The Bertz CT molecular complexity index is 660. The van der Waals surface area contributed by atoms with Crippen molar-refractivity contribution in [2.75, 3.05) is 13.7 Å². The molecule has 0 aromatic heterocycles. The summed E-state index contributed by atoms with van der Waals surface area (Å²) >= 11 is 6.08. The van der Waals surface area contributed by atoms with E-state index in [1.165, 1.54) is 13.2 Å². The summed E-state index contributed by atoms with van der Waals surface area (Å²) in [5, 5.41) is 9.22. The molecule has 0 aliphatic carbocycles. The van der Waals surface area contributed by atoms with E-state index in [0.29, 0.717) is 22.6 Å². The van der Waals surface area contributed by atoms with Crippen molar-refractivity contribution in [3.63, 3.8) is 0 Å². The van der Waals surface area contributed by atoms with Crippen LogP contribution >= 0.6 is 11.6 Å². The van der Waals surface area contributed by atoms with E-state index in [1.54, 1.807) is 18.3 Å². The number of aliphatic imine (C=N–C) groups is 1. The average molecular weight is 335 g/mol. The zero-order valence-electron chi connectivity index (χ0n) is 13.4. The lowest BCUT2D eigenvalue weighted by molar-refractivity contribution is -0.117. The smallest absolute Gasteiger partial charge is 0.337 e. The van der Waals surface area contributed by atoms with Crippen LogP contribution in [0.15, 0.2) is 23.2 Å².